The summed E-state index contributed by atoms with van der Waals surface area (Å²) < 4.78 is 12.9. The smallest absolute Gasteiger partial charge is 0.265 e. The Bertz CT molecular complexity index is 860. The molecule has 8 heteroatoms. The van der Waals surface area contributed by atoms with Gasteiger partial charge in [-0.2, -0.15) is 0 Å². The molecule has 146 valence electrons. The van der Waals surface area contributed by atoms with Crippen molar-refractivity contribution in [3.63, 3.8) is 0 Å². The molecule has 0 spiro atoms. The highest BCUT2D eigenvalue weighted by Crippen LogP contribution is 2.13. The maximum atomic E-state index is 12.9. The molecule has 1 saturated heterocycles. The number of hydrazine groups is 1. The van der Waals surface area contributed by atoms with Gasteiger partial charge in [0, 0.05) is 49.9 Å². The van der Waals surface area contributed by atoms with Crippen molar-refractivity contribution < 1.29 is 18.8 Å². The summed E-state index contributed by atoms with van der Waals surface area (Å²) in [6, 6.07) is 12.1. The van der Waals surface area contributed by atoms with Crippen LogP contribution in [0.25, 0.3) is 0 Å². The lowest BCUT2D eigenvalue weighted by Gasteiger charge is -2.34. The first kappa shape index (κ1) is 19.5. The van der Waals surface area contributed by atoms with Gasteiger partial charge in [-0.05, 0) is 48.5 Å². The average molecular weight is 384 g/mol. The van der Waals surface area contributed by atoms with E-state index in [1.165, 1.54) is 31.2 Å². The molecule has 7 nitrogen and oxygen atoms in total. The van der Waals surface area contributed by atoms with Crippen LogP contribution in [0.15, 0.2) is 48.5 Å². The second-order valence-electron chi connectivity index (χ2n) is 6.49. The van der Waals surface area contributed by atoms with Crippen LogP contribution in [-0.4, -0.2) is 53.8 Å². The normalized spacial score (nSPS) is 14.4. The number of piperazine rings is 1. The number of carbonyl (C=O) groups is 3. The maximum absolute atomic E-state index is 12.9. The van der Waals surface area contributed by atoms with Crippen LogP contribution in [0.1, 0.15) is 27.6 Å². The van der Waals surface area contributed by atoms with E-state index in [-0.39, 0.29) is 17.7 Å². The van der Waals surface area contributed by atoms with E-state index in [0.29, 0.717) is 43.0 Å². The molecule has 3 amide bonds. The topological polar surface area (TPSA) is 81.8 Å². The van der Waals surface area contributed by atoms with Gasteiger partial charge < -0.3 is 10.2 Å². The van der Waals surface area contributed by atoms with E-state index in [2.05, 4.69) is 10.7 Å². The van der Waals surface area contributed by atoms with Crippen molar-refractivity contribution in [1.82, 2.24) is 15.3 Å². The standard InChI is InChI=1S/C20H21FN4O3/c1-14(26)22-18-8-4-16(5-9-18)20(28)24-10-12-25(13-11-24)23-19(27)15-2-6-17(21)7-3-15/h2-9H,10-13H2,1H3,(H,22,26)(H,23,27). The molecule has 0 unspecified atom stereocenters. The fraction of sp³-hybridized carbons (Fsp3) is 0.250. The first-order chi connectivity index (χ1) is 13.4. The molecule has 2 aromatic rings. The van der Waals surface area contributed by atoms with Crippen LogP contribution >= 0.6 is 0 Å². The highest BCUT2D eigenvalue weighted by molar-refractivity contribution is 5.96. The summed E-state index contributed by atoms with van der Waals surface area (Å²) >= 11 is 0. The van der Waals surface area contributed by atoms with Gasteiger partial charge in [-0.3, -0.25) is 19.8 Å². The first-order valence-corrected chi connectivity index (χ1v) is 8.91. The predicted octanol–water partition coefficient (Wildman–Crippen LogP) is 1.89. The predicted molar refractivity (Wildman–Crippen MR) is 102 cm³/mol. The molecule has 2 N–H and O–H groups in total. The Morgan fingerprint density at radius 2 is 1.43 bits per heavy atom. The summed E-state index contributed by atoms with van der Waals surface area (Å²) in [7, 11) is 0. The van der Waals surface area contributed by atoms with Crippen LogP contribution in [0.4, 0.5) is 10.1 Å². The van der Waals surface area contributed by atoms with Gasteiger partial charge in [0.2, 0.25) is 5.91 Å². The van der Waals surface area contributed by atoms with Gasteiger partial charge in [-0.25, -0.2) is 9.40 Å². The van der Waals surface area contributed by atoms with Crippen molar-refractivity contribution in [1.29, 1.82) is 0 Å². The molecular weight excluding hydrogens is 363 g/mol. The van der Waals surface area contributed by atoms with Crippen LogP contribution in [0, 0.1) is 5.82 Å². The second-order valence-corrected chi connectivity index (χ2v) is 6.49. The van der Waals surface area contributed by atoms with Crippen molar-refractivity contribution in [3.05, 3.63) is 65.5 Å². The molecule has 0 saturated carbocycles. The summed E-state index contributed by atoms with van der Waals surface area (Å²) in [5, 5.41) is 4.40. The van der Waals surface area contributed by atoms with E-state index < -0.39 is 5.82 Å². The lowest BCUT2D eigenvalue weighted by atomic mass is 10.1. The summed E-state index contributed by atoms with van der Waals surface area (Å²) in [5.74, 6) is -0.973. The van der Waals surface area contributed by atoms with Crippen LogP contribution < -0.4 is 10.7 Å². The largest absolute Gasteiger partial charge is 0.336 e. The minimum atomic E-state index is -0.395. The Balaban J connectivity index is 1.51. The van der Waals surface area contributed by atoms with Crippen molar-refractivity contribution in [3.8, 4) is 0 Å². The van der Waals surface area contributed by atoms with Gasteiger partial charge in [0.05, 0.1) is 0 Å². The molecule has 1 fully saturated rings. The number of nitrogens with one attached hydrogen (secondary N) is 2. The Hall–Kier alpha value is -3.26. The van der Waals surface area contributed by atoms with E-state index in [9.17, 15) is 18.8 Å². The van der Waals surface area contributed by atoms with Gasteiger partial charge in [0.25, 0.3) is 11.8 Å². The summed E-state index contributed by atoms with van der Waals surface area (Å²) in [6.45, 7) is 3.34. The van der Waals surface area contributed by atoms with Crippen molar-refractivity contribution in [2.24, 2.45) is 0 Å². The third-order valence-electron chi connectivity index (χ3n) is 4.39. The van der Waals surface area contributed by atoms with Crippen molar-refractivity contribution in [2.45, 2.75) is 6.92 Å². The molecule has 0 bridgehead atoms. The number of benzene rings is 2. The van der Waals surface area contributed by atoms with Gasteiger partial charge >= 0.3 is 0 Å². The Labute approximate surface area is 162 Å². The monoisotopic (exact) mass is 384 g/mol. The second kappa shape index (κ2) is 8.62. The van der Waals surface area contributed by atoms with Crippen molar-refractivity contribution >= 4 is 23.4 Å². The molecule has 0 aliphatic carbocycles. The molecule has 2 aromatic carbocycles. The molecular formula is C20H21FN4O3. The number of rotatable bonds is 4. The number of amides is 3. The van der Waals surface area contributed by atoms with E-state index in [1.807, 2.05) is 0 Å². The van der Waals surface area contributed by atoms with Gasteiger partial charge in [-0.1, -0.05) is 0 Å². The number of nitrogens with zero attached hydrogens (tertiary/aromatic N) is 2. The summed E-state index contributed by atoms with van der Waals surface area (Å²) in [5.41, 5.74) is 4.32. The first-order valence-electron chi connectivity index (χ1n) is 8.91. The highest BCUT2D eigenvalue weighted by Gasteiger charge is 2.23. The molecule has 1 aliphatic rings. The number of carbonyl (C=O) groups excluding carboxylic acids is 3. The minimum absolute atomic E-state index is 0.0983. The van der Waals surface area contributed by atoms with E-state index in [0.717, 1.165) is 0 Å². The maximum Gasteiger partial charge on any atom is 0.265 e. The third kappa shape index (κ3) is 4.92. The number of hydrogen-bond donors (Lipinski definition) is 2. The van der Waals surface area contributed by atoms with Crippen LogP contribution in [0.3, 0.4) is 0 Å². The lowest BCUT2D eigenvalue weighted by Crippen LogP contribution is -2.54. The molecule has 1 heterocycles. The Morgan fingerprint density at radius 3 is 2.00 bits per heavy atom. The van der Waals surface area contributed by atoms with E-state index in [4.69, 9.17) is 0 Å². The number of hydrogen-bond acceptors (Lipinski definition) is 4. The molecule has 1 aliphatic heterocycles. The minimum Gasteiger partial charge on any atom is -0.336 e. The van der Waals surface area contributed by atoms with Crippen LogP contribution in [-0.2, 0) is 4.79 Å². The fourth-order valence-corrected chi connectivity index (χ4v) is 2.91. The molecule has 28 heavy (non-hydrogen) atoms. The van der Waals surface area contributed by atoms with Crippen molar-refractivity contribution in [2.75, 3.05) is 31.5 Å². The average Bonchev–Trinajstić information content (AvgIpc) is 2.68. The summed E-state index contributed by atoms with van der Waals surface area (Å²) in [6.07, 6.45) is 0. The van der Waals surface area contributed by atoms with Gasteiger partial charge in [0.1, 0.15) is 5.82 Å². The zero-order valence-corrected chi connectivity index (χ0v) is 15.4. The Morgan fingerprint density at radius 1 is 0.857 bits per heavy atom. The third-order valence-corrected chi connectivity index (χ3v) is 4.39. The van der Waals surface area contributed by atoms with Crippen LogP contribution in [0.2, 0.25) is 0 Å². The fourth-order valence-electron chi connectivity index (χ4n) is 2.91. The van der Waals surface area contributed by atoms with Gasteiger partial charge in [-0.15, -0.1) is 0 Å². The van der Waals surface area contributed by atoms with E-state index >= 15 is 0 Å². The zero-order chi connectivity index (χ0) is 20.1. The summed E-state index contributed by atoms with van der Waals surface area (Å²) in [4.78, 5) is 37.6. The van der Waals surface area contributed by atoms with Crippen LogP contribution in [0.5, 0.6) is 0 Å². The quantitative estimate of drug-likeness (QED) is 0.844. The SMILES string of the molecule is CC(=O)Nc1ccc(C(=O)N2CCN(NC(=O)c3ccc(F)cc3)CC2)cc1. The van der Waals surface area contributed by atoms with E-state index in [1.54, 1.807) is 34.2 Å². The number of anilines is 1. The highest BCUT2D eigenvalue weighted by atomic mass is 19.1. The van der Waals surface area contributed by atoms with Gasteiger partial charge in [0.15, 0.2) is 0 Å². The molecule has 0 atom stereocenters. The number of halogens is 1. The molecule has 3 rings (SSSR count). The molecule has 0 aromatic heterocycles. The Kier molecular flexibility index (Phi) is 6.00. The molecule has 0 radical (unpaired) electrons. The zero-order valence-electron chi connectivity index (χ0n) is 15.4. The lowest BCUT2D eigenvalue weighted by molar-refractivity contribution is -0.114.